The van der Waals surface area contributed by atoms with E-state index in [9.17, 15) is 24.3 Å². The molecular formula is C23H35N5O5S. The number of fused-ring (bicyclic) bond motifs is 1. The number of likely N-dealkylation sites (tertiary alicyclic amines) is 1. The van der Waals surface area contributed by atoms with Crippen molar-refractivity contribution in [2.45, 2.75) is 56.5 Å². The first kappa shape index (κ1) is 25.2. The number of carboxylic acids is 1. The zero-order valence-electron chi connectivity index (χ0n) is 20.0. The molecule has 0 bridgehead atoms. The predicted octanol–water partition coefficient (Wildman–Crippen LogP) is -0.403. The lowest BCUT2D eigenvalue weighted by Gasteiger charge is -2.47. The fourth-order valence-corrected chi connectivity index (χ4v) is 7.37. The summed E-state index contributed by atoms with van der Waals surface area (Å²) in [5, 5.41) is 16.1. The van der Waals surface area contributed by atoms with Crippen LogP contribution in [-0.2, 0) is 19.2 Å². The number of carbonyl (C=O) groups excluding carboxylic acids is 3. The molecule has 188 valence electrons. The van der Waals surface area contributed by atoms with Gasteiger partial charge in [-0.3, -0.25) is 14.4 Å². The van der Waals surface area contributed by atoms with E-state index in [1.807, 2.05) is 18.7 Å². The predicted molar refractivity (Wildman–Crippen MR) is 128 cm³/mol. The maximum Gasteiger partial charge on any atom is 0.353 e. The number of nitrogens with zero attached hydrogens (tertiary/aromatic N) is 2. The molecule has 3 fully saturated rings. The van der Waals surface area contributed by atoms with E-state index in [1.165, 1.54) is 16.7 Å². The molecular weight excluding hydrogens is 458 g/mol. The minimum absolute atomic E-state index is 0.0315. The van der Waals surface area contributed by atoms with Crippen LogP contribution in [0.15, 0.2) is 10.6 Å². The van der Waals surface area contributed by atoms with Crippen LogP contribution in [0.4, 0.5) is 0 Å². The molecule has 0 aromatic rings. The van der Waals surface area contributed by atoms with E-state index in [0.29, 0.717) is 31.0 Å². The van der Waals surface area contributed by atoms with E-state index in [1.54, 1.807) is 7.05 Å². The highest BCUT2D eigenvalue weighted by molar-refractivity contribution is 8.03. The van der Waals surface area contributed by atoms with E-state index < -0.39 is 5.97 Å². The summed E-state index contributed by atoms with van der Waals surface area (Å²) in [5.41, 5.74) is 6.01. The van der Waals surface area contributed by atoms with Gasteiger partial charge in [0.2, 0.25) is 11.8 Å². The number of hydrogen-bond donors (Lipinski definition) is 4. The fourth-order valence-electron chi connectivity index (χ4n) is 5.89. The van der Waals surface area contributed by atoms with Crippen LogP contribution in [0.1, 0.15) is 33.1 Å². The van der Waals surface area contributed by atoms with Gasteiger partial charge >= 0.3 is 5.97 Å². The second kappa shape index (κ2) is 9.96. The number of aliphatic carboxylic acids is 1. The highest BCUT2D eigenvalue weighted by Gasteiger charge is 2.60. The lowest BCUT2D eigenvalue weighted by molar-refractivity contribution is -0.160. The number of nitrogens with two attached hydrogens (primary N) is 1. The summed E-state index contributed by atoms with van der Waals surface area (Å²) < 4.78 is 0. The van der Waals surface area contributed by atoms with Crippen molar-refractivity contribution in [3.05, 3.63) is 10.6 Å². The van der Waals surface area contributed by atoms with Crippen LogP contribution >= 0.6 is 11.8 Å². The lowest BCUT2D eigenvalue weighted by Crippen LogP contribution is -2.62. The summed E-state index contributed by atoms with van der Waals surface area (Å²) in [6, 6.07) is -0.501. The topological polar surface area (TPSA) is 145 Å². The Labute approximate surface area is 204 Å². The normalized spacial score (nSPS) is 33.8. The number of carboxylic acid groups (broad SMARTS) is 1. The van der Waals surface area contributed by atoms with Gasteiger partial charge in [-0.1, -0.05) is 13.8 Å². The van der Waals surface area contributed by atoms with Crippen LogP contribution in [0.5, 0.6) is 0 Å². The van der Waals surface area contributed by atoms with Gasteiger partial charge in [-0.25, -0.2) is 4.79 Å². The second-order valence-corrected chi connectivity index (χ2v) is 11.4. The molecule has 4 heterocycles. The van der Waals surface area contributed by atoms with Crippen molar-refractivity contribution in [3.63, 3.8) is 0 Å². The van der Waals surface area contributed by atoms with Gasteiger partial charge in [-0.2, -0.15) is 0 Å². The van der Waals surface area contributed by atoms with Gasteiger partial charge in [0, 0.05) is 48.2 Å². The summed E-state index contributed by atoms with van der Waals surface area (Å²) >= 11 is 1.48. The molecule has 4 aliphatic rings. The summed E-state index contributed by atoms with van der Waals surface area (Å²) in [4.78, 5) is 54.0. The molecule has 2 amide bonds. The highest BCUT2D eigenvalue weighted by atomic mass is 32.2. The average Bonchev–Trinajstić information content (AvgIpc) is 3.46. The third-order valence-corrected chi connectivity index (χ3v) is 9.06. The average molecular weight is 494 g/mol. The summed E-state index contributed by atoms with van der Waals surface area (Å²) in [6.07, 6.45) is 1.71. The number of hydrogen-bond acceptors (Lipinski definition) is 8. The van der Waals surface area contributed by atoms with Gasteiger partial charge in [0.15, 0.2) is 0 Å². The van der Waals surface area contributed by atoms with Crippen molar-refractivity contribution in [2.75, 3.05) is 33.2 Å². The number of amides is 2. The van der Waals surface area contributed by atoms with E-state index in [2.05, 4.69) is 10.6 Å². The molecule has 0 aromatic carbocycles. The maximum atomic E-state index is 13.0. The maximum absolute atomic E-state index is 13.0. The quantitative estimate of drug-likeness (QED) is 0.315. The van der Waals surface area contributed by atoms with Crippen molar-refractivity contribution in [3.8, 4) is 0 Å². The first-order valence-electron chi connectivity index (χ1n) is 12.0. The van der Waals surface area contributed by atoms with Gasteiger partial charge < -0.3 is 31.3 Å². The molecule has 11 heteroatoms. The molecule has 5 N–H and O–H groups in total. The molecule has 0 spiro atoms. The van der Waals surface area contributed by atoms with Crippen molar-refractivity contribution >= 4 is 35.3 Å². The van der Waals surface area contributed by atoms with Gasteiger partial charge in [0.05, 0.1) is 24.5 Å². The van der Waals surface area contributed by atoms with E-state index in [4.69, 9.17) is 5.73 Å². The third kappa shape index (κ3) is 4.50. The Kier molecular flexibility index (Phi) is 7.37. The molecule has 0 aromatic heterocycles. The summed E-state index contributed by atoms with van der Waals surface area (Å²) in [6.45, 7) is 5.97. The van der Waals surface area contributed by atoms with Crippen molar-refractivity contribution in [1.29, 1.82) is 0 Å². The zero-order valence-corrected chi connectivity index (χ0v) is 20.8. The van der Waals surface area contributed by atoms with E-state index in [-0.39, 0.29) is 77.4 Å². The van der Waals surface area contributed by atoms with Gasteiger partial charge in [-0.15, -0.1) is 11.8 Å². The zero-order chi connectivity index (χ0) is 24.7. The minimum atomic E-state index is -1.10. The standard InChI is InChI=1S/C23H35N5O5S/c1-11(6-14(29)8-25-3)17-18-12(2)20(19(23(32)33)28(18)22(17)31)34-15-7-16(26-9-15)21(30)27-5-4-13(24)10-27/h11-13,15-18,25-26H,4-10,24H2,1-3H3,(H,32,33)/t11-,12+,13-,15?,16?,17+,18-/m0/s1. The van der Waals surface area contributed by atoms with E-state index in [0.717, 1.165) is 6.42 Å². The summed E-state index contributed by atoms with van der Waals surface area (Å²) in [7, 11) is 1.71. The molecule has 2 unspecified atom stereocenters. The number of nitrogens with one attached hydrogen (secondary N) is 2. The first-order valence-corrected chi connectivity index (χ1v) is 12.9. The number of thioether (sulfide) groups is 1. The fraction of sp³-hybridized carbons (Fsp3) is 0.739. The largest absolute Gasteiger partial charge is 0.477 e. The Morgan fingerprint density at radius 2 is 2.09 bits per heavy atom. The lowest BCUT2D eigenvalue weighted by atomic mass is 9.73. The van der Waals surface area contributed by atoms with Crippen molar-refractivity contribution in [1.82, 2.24) is 20.4 Å². The number of likely N-dealkylation sites (N-methyl/N-ethyl adjacent to an activating group) is 1. The van der Waals surface area contributed by atoms with Gasteiger partial charge in [0.25, 0.3) is 0 Å². The summed E-state index contributed by atoms with van der Waals surface area (Å²) in [5.74, 6) is -1.87. The molecule has 4 aliphatic heterocycles. The molecule has 7 atom stereocenters. The molecule has 34 heavy (non-hydrogen) atoms. The van der Waals surface area contributed by atoms with Crippen LogP contribution < -0.4 is 16.4 Å². The van der Waals surface area contributed by atoms with E-state index >= 15 is 0 Å². The molecule has 0 saturated carbocycles. The smallest absolute Gasteiger partial charge is 0.353 e. The molecule has 4 rings (SSSR count). The number of ketones is 1. The highest BCUT2D eigenvalue weighted by Crippen LogP contribution is 2.53. The van der Waals surface area contributed by atoms with Crippen LogP contribution in [-0.4, -0.2) is 95.1 Å². The second-order valence-electron chi connectivity index (χ2n) is 10.1. The monoisotopic (exact) mass is 493 g/mol. The minimum Gasteiger partial charge on any atom is -0.477 e. The first-order chi connectivity index (χ1) is 16.1. The molecule has 0 radical (unpaired) electrons. The Bertz CT molecular complexity index is 910. The number of β-lactam (4-membered cyclic amide) rings is 1. The van der Waals surface area contributed by atoms with Crippen LogP contribution in [0.2, 0.25) is 0 Å². The number of Topliss-reactive ketones (excluding diaryl/α,β-unsaturated/α-hetero) is 1. The van der Waals surface area contributed by atoms with Crippen LogP contribution in [0, 0.1) is 17.8 Å². The van der Waals surface area contributed by atoms with Crippen LogP contribution in [0.3, 0.4) is 0 Å². The molecule has 0 aliphatic carbocycles. The number of rotatable bonds is 9. The van der Waals surface area contributed by atoms with Gasteiger partial charge in [-0.05, 0) is 25.8 Å². The van der Waals surface area contributed by atoms with Crippen LogP contribution in [0.25, 0.3) is 0 Å². The SMILES string of the molecule is CNCC(=O)C[C@H](C)[C@H]1C(=O)N2C(C(=O)O)=C(SC3CNC(C(=O)N4CC[C@H](N)C4)C3)[C@H](C)[C@@H]12. The van der Waals surface area contributed by atoms with Gasteiger partial charge in [0.1, 0.15) is 11.5 Å². The Hall–Kier alpha value is -1.95. The Balaban J connectivity index is 1.43. The Morgan fingerprint density at radius 1 is 1.35 bits per heavy atom. The third-order valence-electron chi connectivity index (χ3n) is 7.55. The van der Waals surface area contributed by atoms with Crippen molar-refractivity contribution in [2.24, 2.45) is 23.5 Å². The Morgan fingerprint density at radius 3 is 2.71 bits per heavy atom. The molecule has 3 saturated heterocycles. The van der Waals surface area contributed by atoms with Crippen molar-refractivity contribution < 1.29 is 24.3 Å². The number of carbonyl (C=O) groups is 4. The molecule has 10 nitrogen and oxygen atoms in total.